The first-order valence-corrected chi connectivity index (χ1v) is 6.52. The van der Waals surface area contributed by atoms with Crippen LogP contribution in [0.25, 0.3) is 0 Å². The summed E-state index contributed by atoms with van der Waals surface area (Å²) in [7, 11) is 0. The molecule has 0 spiro atoms. The van der Waals surface area contributed by atoms with Crippen LogP contribution in [0.15, 0.2) is 29.4 Å². The van der Waals surface area contributed by atoms with Gasteiger partial charge in [0.05, 0.1) is 0 Å². The van der Waals surface area contributed by atoms with E-state index in [4.69, 9.17) is 11.6 Å². The number of rotatable bonds is 2. The summed E-state index contributed by atoms with van der Waals surface area (Å²) < 4.78 is 38.2. The van der Waals surface area contributed by atoms with Gasteiger partial charge in [0.15, 0.2) is 5.72 Å². The number of halogens is 4. The van der Waals surface area contributed by atoms with Crippen LogP contribution in [0.3, 0.4) is 0 Å². The number of aliphatic hydroxyl groups is 1. The Hall–Kier alpha value is -1.60. The van der Waals surface area contributed by atoms with Crippen molar-refractivity contribution in [2.45, 2.75) is 31.7 Å². The highest BCUT2D eigenvalue weighted by Gasteiger charge is 2.51. The number of alkyl halides is 3. The van der Waals surface area contributed by atoms with Crippen molar-refractivity contribution < 1.29 is 23.1 Å². The third-order valence-corrected chi connectivity index (χ3v) is 3.46. The third-order valence-electron chi connectivity index (χ3n) is 3.22. The lowest BCUT2D eigenvalue weighted by Gasteiger charge is -2.29. The maximum absolute atomic E-state index is 12.7. The average Bonchev–Trinajstić information content (AvgIpc) is 2.77. The lowest BCUT2D eigenvalue weighted by Crippen LogP contribution is -2.45. The van der Waals surface area contributed by atoms with Crippen LogP contribution in [0.5, 0.6) is 0 Å². The molecule has 0 aliphatic carbocycles. The van der Waals surface area contributed by atoms with Crippen LogP contribution >= 0.6 is 11.6 Å². The highest BCUT2D eigenvalue weighted by atomic mass is 35.5. The standard InChI is InChI=1S/C13H12ClF3N2O2/c1-2-12(21)7-10(13(15,16)17)18-19(12)11(20)8-4-3-5-9(14)6-8/h3-6,21H,2,7H2,1H3. The molecule has 1 atom stereocenters. The molecule has 1 aliphatic rings. The predicted molar refractivity (Wildman–Crippen MR) is 71.0 cm³/mol. The molecule has 8 heteroatoms. The largest absolute Gasteiger partial charge is 0.431 e. The van der Waals surface area contributed by atoms with Gasteiger partial charge >= 0.3 is 6.18 Å². The van der Waals surface area contributed by atoms with E-state index in [9.17, 15) is 23.1 Å². The summed E-state index contributed by atoms with van der Waals surface area (Å²) in [4.78, 5) is 12.3. The van der Waals surface area contributed by atoms with E-state index in [1.807, 2.05) is 0 Å². The van der Waals surface area contributed by atoms with E-state index in [0.29, 0.717) is 5.01 Å². The van der Waals surface area contributed by atoms with Crippen LogP contribution in [0.1, 0.15) is 30.1 Å². The van der Waals surface area contributed by atoms with Crippen molar-refractivity contribution in [3.63, 3.8) is 0 Å². The van der Waals surface area contributed by atoms with Gasteiger partial charge in [0.1, 0.15) is 5.71 Å². The third kappa shape index (κ3) is 3.03. The Kier molecular flexibility index (Phi) is 3.99. The van der Waals surface area contributed by atoms with Crippen molar-refractivity contribution in [1.82, 2.24) is 5.01 Å². The van der Waals surface area contributed by atoms with E-state index >= 15 is 0 Å². The fraction of sp³-hybridized carbons (Fsp3) is 0.385. The van der Waals surface area contributed by atoms with E-state index in [0.717, 1.165) is 0 Å². The van der Waals surface area contributed by atoms with Crippen LogP contribution in [0, 0.1) is 0 Å². The van der Waals surface area contributed by atoms with E-state index in [2.05, 4.69) is 5.10 Å². The van der Waals surface area contributed by atoms with Gasteiger partial charge in [-0.2, -0.15) is 23.3 Å². The number of hydrazone groups is 1. The van der Waals surface area contributed by atoms with Gasteiger partial charge < -0.3 is 5.11 Å². The molecular formula is C13H12ClF3N2O2. The van der Waals surface area contributed by atoms with Crippen molar-refractivity contribution in [3.8, 4) is 0 Å². The minimum atomic E-state index is -4.69. The van der Waals surface area contributed by atoms with Crippen molar-refractivity contribution in [3.05, 3.63) is 34.9 Å². The quantitative estimate of drug-likeness (QED) is 0.909. The molecule has 0 bridgehead atoms. The summed E-state index contributed by atoms with van der Waals surface area (Å²) in [6.45, 7) is 1.48. The molecule has 1 heterocycles. The maximum Gasteiger partial charge on any atom is 0.431 e. The Morgan fingerprint density at radius 3 is 2.71 bits per heavy atom. The number of nitrogens with zero attached hydrogens (tertiary/aromatic N) is 2. The summed E-state index contributed by atoms with van der Waals surface area (Å²) in [5, 5.41) is 14.3. The summed E-state index contributed by atoms with van der Waals surface area (Å²) in [6, 6.07) is 5.72. The smallest absolute Gasteiger partial charge is 0.369 e. The summed E-state index contributed by atoms with van der Waals surface area (Å²) in [5.41, 5.74) is -3.10. The molecule has 1 aromatic rings. The van der Waals surface area contributed by atoms with Gasteiger partial charge in [-0.25, -0.2) is 0 Å². The van der Waals surface area contributed by atoms with Crippen LogP contribution in [0.2, 0.25) is 5.02 Å². The Balaban J connectivity index is 2.39. The van der Waals surface area contributed by atoms with Gasteiger partial charge in [-0.3, -0.25) is 4.79 Å². The molecule has 0 saturated carbocycles. The zero-order valence-electron chi connectivity index (χ0n) is 11.0. The second kappa shape index (κ2) is 5.31. The molecule has 0 aromatic heterocycles. The van der Waals surface area contributed by atoms with E-state index in [1.54, 1.807) is 0 Å². The SMILES string of the molecule is CCC1(O)CC(C(F)(F)F)=NN1C(=O)c1cccc(Cl)c1. The molecule has 21 heavy (non-hydrogen) atoms. The monoisotopic (exact) mass is 320 g/mol. The van der Waals surface area contributed by atoms with Gasteiger partial charge in [0, 0.05) is 17.0 Å². The minimum Gasteiger partial charge on any atom is -0.369 e. The lowest BCUT2D eigenvalue weighted by atomic mass is 10.0. The number of carbonyl (C=O) groups is 1. The normalized spacial score (nSPS) is 22.4. The minimum absolute atomic E-state index is 0.0570. The summed E-state index contributed by atoms with van der Waals surface area (Å²) in [6.07, 6.45) is -5.52. The van der Waals surface area contributed by atoms with Gasteiger partial charge in [-0.05, 0) is 24.6 Å². The van der Waals surface area contributed by atoms with Crippen molar-refractivity contribution >= 4 is 23.2 Å². The van der Waals surface area contributed by atoms with Gasteiger partial charge in [-0.15, -0.1) is 0 Å². The number of hydrogen-bond acceptors (Lipinski definition) is 3. The number of benzene rings is 1. The topological polar surface area (TPSA) is 52.9 Å². The van der Waals surface area contributed by atoms with E-state index < -0.39 is 29.9 Å². The van der Waals surface area contributed by atoms with Gasteiger partial charge in [0.2, 0.25) is 0 Å². The molecule has 114 valence electrons. The van der Waals surface area contributed by atoms with Crippen LogP contribution in [-0.2, 0) is 0 Å². The van der Waals surface area contributed by atoms with E-state index in [-0.39, 0.29) is 17.0 Å². The van der Waals surface area contributed by atoms with Gasteiger partial charge in [-0.1, -0.05) is 24.6 Å². The first-order chi connectivity index (χ1) is 9.67. The average molecular weight is 321 g/mol. The zero-order valence-corrected chi connectivity index (χ0v) is 11.7. The molecule has 1 N–H and O–H groups in total. The highest BCUT2D eigenvalue weighted by Crippen LogP contribution is 2.35. The second-order valence-corrected chi connectivity index (χ2v) is 5.12. The zero-order chi connectivity index (χ0) is 15.8. The maximum atomic E-state index is 12.7. The highest BCUT2D eigenvalue weighted by molar-refractivity contribution is 6.31. The van der Waals surface area contributed by atoms with Crippen molar-refractivity contribution in [2.75, 3.05) is 0 Å². The predicted octanol–water partition coefficient (Wildman–Crippen LogP) is 3.20. The second-order valence-electron chi connectivity index (χ2n) is 4.68. The first-order valence-electron chi connectivity index (χ1n) is 6.14. The van der Waals surface area contributed by atoms with Crippen molar-refractivity contribution in [1.29, 1.82) is 0 Å². The molecule has 0 radical (unpaired) electrons. The molecule has 1 amide bonds. The molecule has 4 nitrogen and oxygen atoms in total. The van der Waals surface area contributed by atoms with Crippen LogP contribution in [0.4, 0.5) is 13.2 Å². The van der Waals surface area contributed by atoms with E-state index in [1.165, 1.54) is 31.2 Å². The number of carbonyl (C=O) groups excluding carboxylic acids is 1. The molecule has 1 aliphatic heterocycles. The summed E-state index contributed by atoms with van der Waals surface area (Å²) >= 11 is 5.75. The Morgan fingerprint density at radius 1 is 1.52 bits per heavy atom. The first kappa shape index (κ1) is 15.8. The molecule has 1 unspecified atom stereocenters. The van der Waals surface area contributed by atoms with Crippen LogP contribution < -0.4 is 0 Å². The Morgan fingerprint density at radius 2 is 2.19 bits per heavy atom. The molecule has 2 rings (SSSR count). The van der Waals surface area contributed by atoms with Gasteiger partial charge in [0.25, 0.3) is 5.91 Å². The Bertz CT molecular complexity index is 603. The lowest BCUT2D eigenvalue weighted by molar-refractivity contribution is -0.0784. The summed E-state index contributed by atoms with van der Waals surface area (Å²) in [5.74, 6) is -0.832. The molecular weight excluding hydrogens is 309 g/mol. The number of amides is 1. The molecule has 0 fully saturated rings. The fourth-order valence-electron chi connectivity index (χ4n) is 2.00. The van der Waals surface area contributed by atoms with Crippen LogP contribution in [-0.4, -0.2) is 33.6 Å². The fourth-order valence-corrected chi connectivity index (χ4v) is 2.19. The number of hydrogen-bond donors (Lipinski definition) is 1. The Labute approximate surface area is 123 Å². The van der Waals surface area contributed by atoms with Crippen molar-refractivity contribution in [2.24, 2.45) is 5.10 Å². The molecule has 1 aromatic carbocycles. The molecule has 0 saturated heterocycles.